The van der Waals surface area contributed by atoms with E-state index in [-0.39, 0.29) is 0 Å². The van der Waals surface area contributed by atoms with Gasteiger partial charge >= 0.3 is 0 Å². The number of anilines is 4. The second-order valence-electron chi connectivity index (χ2n) is 4.12. The Kier molecular flexibility index (Phi) is 2.08. The normalized spacial score (nSPS) is 10.9. The molecular formula is C12H16N4. The van der Waals surface area contributed by atoms with Crippen LogP contribution in [0.3, 0.4) is 0 Å². The van der Waals surface area contributed by atoms with Gasteiger partial charge in [-0.3, -0.25) is 0 Å². The first-order valence-electron chi connectivity index (χ1n) is 5.06. The Morgan fingerprint density at radius 2 is 1.31 bits per heavy atom. The van der Waals surface area contributed by atoms with Crippen LogP contribution in [0, 0.1) is 13.8 Å². The van der Waals surface area contributed by atoms with Crippen LogP contribution < -0.4 is 22.9 Å². The van der Waals surface area contributed by atoms with Crippen LogP contribution in [0.15, 0.2) is 12.1 Å². The number of benzene rings is 2. The van der Waals surface area contributed by atoms with Crippen molar-refractivity contribution < 1.29 is 0 Å². The van der Waals surface area contributed by atoms with Gasteiger partial charge in [0.1, 0.15) is 0 Å². The summed E-state index contributed by atoms with van der Waals surface area (Å²) < 4.78 is 0. The summed E-state index contributed by atoms with van der Waals surface area (Å²) in [6, 6.07) is 3.77. The van der Waals surface area contributed by atoms with Gasteiger partial charge in [0.15, 0.2) is 0 Å². The molecule has 0 fully saturated rings. The number of fused-ring (bicyclic) bond motifs is 1. The monoisotopic (exact) mass is 216 g/mol. The zero-order valence-electron chi connectivity index (χ0n) is 9.46. The summed E-state index contributed by atoms with van der Waals surface area (Å²) in [6.07, 6.45) is 0. The number of hydrogen-bond donors (Lipinski definition) is 4. The smallest absolute Gasteiger partial charge is 0.0787 e. The Hall–Kier alpha value is -2.10. The zero-order valence-corrected chi connectivity index (χ0v) is 9.46. The molecule has 0 amide bonds. The molecule has 2 rings (SSSR count). The second-order valence-corrected chi connectivity index (χ2v) is 4.12. The SMILES string of the molecule is Cc1cc2c(N)c(N)c(N)cc2c(N)c1C. The number of aryl methyl sites for hydroxylation is 1. The Morgan fingerprint density at radius 1 is 0.750 bits per heavy atom. The molecule has 4 nitrogen and oxygen atoms in total. The van der Waals surface area contributed by atoms with Crippen LogP contribution in [0.1, 0.15) is 11.1 Å². The molecule has 2 aromatic rings. The highest BCUT2D eigenvalue weighted by Crippen LogP contribution is 2.37. The van der Waals surface area contributed by atoms with Crippen LogP contribution in [0.4, 0.5) is 22.7 Å². The maximum atomic E-state index is 6.06. The lowest BCUT2D eigenvalue weighted by Crippen LogP contribution is -2.03. The molecule has 0 heterocycles. The van der Waals surface area contributed by atoms with Crippen molar-refractivity contribution in [3.8, 4) is 0 Å². The van der Waals surface area contributed by atoms with Gasteiger partial charge in [0.25, 0.3) is 0 Å². The molecule has 0 saturated carbocycles. The molecule has 84 valence electrons. The van der Waals surface area contributed by atoms with Gasteiger partial charge < -0.3 is 22.9 Å². The van der Waals surface area contributed by atoms with Gasteiger partial charge in [-0.2, -0.15) is 0 Å². The van der Waals surface area contributed by atoms with Crippen molar-refractivity contribution in [1.82, 2.24) is 0 Å². The molecule has 0 aliphatic carbocycles. The topological polar surface area (TPSA) is 104 Å². The third-order valence-corrected chi connectivity index (χ3v) is 3.13. The fourth-order valence-corrected chi connectivity index (χ4v) is 1.87. The van der Waals surface area contributed by atoms with Crippen LogP contribution in [0.2, 0.25) is 0 Å². The van der Waals surface area contributed by atoms with Gasteiger partial charge in [-0.25, -0.2) is 0 Å². The molecule has 16 heavy (non-hydrogen) atoms. The summed E-state index contributed by atoms with van der Waals surface area (Å²) in [5.74, 6) is 0. The first-order chi connectivity index (χ1) is 7.43. The predicted molar refractivity (Wildman–Crippen MR) is 71.1 cm³/mol. The van der Waals surface area contributed by atoms with Crippen LogP contribution >= 0.6 is 0 Å². The molecule has 0 aromatic heterocycles. The molecule has 0 aliphatic rings. The number of rotatable bonds is 0. The minimum atomic E-state index is 0.426. The van der Waals surface area contributed by atoms with E-state index < -0.39 is 0 Å². The zero-order chi connectivity index (χ0) is 12.0. The summed E-state index contributed by atoms with van der Waals surface area (Å²) in [7, 11) is 0. The molecule has 4 heteroatoms. The number of hydrogen-bond acceptors (Lipinski definition) is 4. The van der Waals surface area contributed by atoms with Crippen molar-refractivity contribution in [2.45, 2.75) is 13.8 Å². The summed E-state index contributed by atoms with van der Waals surface area (Å²) >= 11 is 0. The van der Waals surface area contributed by atoms with E-state index in [1.54, 1.807) is 6.07 Å². The van der Waals surface area contributed by atoms with Gasteiger partial charge in [0.2, 0.25) is 0 Å². The van der Waals surface area contributed by atoms with E-state index in [9.17, 15) is 0 Å². The van der Waals surface area contributed by atoms with Crippen molar-refractivity contribution in [2.75, 3.05) is 22.9 Å². The first-order valence-corrected chi connectivity index (χ1v) is 5.06. The molecule has 0 spiro atoms. The first kappa shape index (κ1) is 10.4. The van der Waals surface area contributed by atoms with Crippen LogP contribution in [0.5, 0.6) is 0 Å². The summed E-state index contributed by atoms with van der Waals surface area (Å²) in [5.41, 5.74) is 27.8. The molecule has 0 bridgehead atoms. The molecule has 0 unspecified atom stereocenters. The van der Waals surface area contributed by atoms with Gasteiger partial charge in [0.05, 0.1) is 17.1 Å². The molecular weight excluding hydrogens is 200 g/mol. The predicted octanol–water partition coefficient (Wildman–Crippen LogP) is 1.79. The quantitative estimate of drug-likeness (QED) is 0.504. The lowest BCUT2D eigenvalue weighted by atomic mass is 9.98. The van der Waals surface area contributed by atoms with Gasteiger partial charge in [0, 0.05) is 16.5 Å². The summed E-state index contributed by atoms with van der Waals surface area (Å²) in [6.45, 7) is 3.98. The minimum Gasteiger partial charge on any atom is -0.398 e. The van der Waals surface area contributed by atoms with E-state index in [1.807, 2.05) is 19.9 Å². The third kappa shape index (κ3) is 1.23. The minimum absolute atomic E-state index is 0.426. The van der Waals surface area contributed by atoms with E-state index >= 15 is 0 Å². The largest absolute Gasteiger partial charge is 0.398 e. The standard InChI is InChI=1S/C12H16N4/c1-5-3-7-8(10(14)6(5)2)4-9(13)12(16)11(7)15/h3-4H,13-16H2,1-2H3. The Balaban J connectivity index is 3.02. The molecule has 0 saturated heterocycles. The van der Waals surface area contributed by atoms with Crippen molar-refractivity contribution in [1.29, 1.82) is 0 Å². The van der Waals surface area contributed by atoms with Crippen molar-refractivity contribution in [3.05, 3.63) is 23.3 Å². The van der Waals surface area contributed by atoms with E-state index in [0.29, 0.717) is 22.7 Å². The van der Waals surface area contributed by atoms with Crippen molar-refractivity contribution >= 4 is 33.5 Å². The van der Waals surface area contributed by atoms with Crippen molar-refractivity contribution in [3.63, 3.8) is 0 Å². The third-order valence-electron chi connectivity index (χ3n) is 3.13. The van der Waals surface area contributed by atoms with Crippen LogP contribution in [-0.2, 0) is 0 Å². The highest BCUT2D eigenvalue weighted by atomic mass is 14.7. The average Bonchev–Trinajstić information content (AvgIpc) is 2.25. The fourth-order valence-electron chi connectivity index (χ4n) is 1.87. The number of nitrogens with two attached hydrogens (primary N) is 4. The number of nitrogen functional groups attached to an aromatic ring is 4. The molecule has 2 aromatic carbocycles. The Morgan fingerprint density at radius 3 is 1.94 bits per heavy atom. The van der Waals surface area contributed by atoms with Gasteiger partial charge in [-0.15, -0.1) is 0 Å². The lowest BCUT2D eigenvalue weighted by molar-refractivity contribution is 1.37. The average molecular weight is 216 g/mol. The van der Waals surface area contributed by atoms with E-state index in [1.165, 1.54) is 0 Å². The summed E-state index contributed by atoms with van der Waals surface area (Å²) in [4.78, 5) is 0. The molecule has 0 atom stereocenters. The van der Waals surface area contributed by atoms with Crippen LogP contribution in [0.25, 0.3) is 10.8 Å². The molecule has 8 N–H and O–H groups in total. The van der Waals surface area contributed by atoms with Gasteiger partial charge in [-0.05, 0) is 37.1 Å². The van der Waals surface area contributed by atoms with Gasteiger partial charge in [-0.1, -0.05) is 0 Å². The fraction of sp³-hybridized carbons (Fsp3) is 0.167. The van der Waals surface area contributed by atoms with E-state index in [2.05, 4.69) is 0 Å². The second kappa shape index (κ2) is 3.20. The van der Waals surface area contributed by atoms with Crippen molar-refractivity contribution in [2.24, 2.45) is 0 Å². The van der Waals surface area contributed by atoms with Crippen LogP contribution in [-0.4, -0.2) is 0 Å². The lowest BCUT2D eigenvalue weighted by Gasteiger charge is -2.14. The molecule has 0 radical (unpaired) electrons. The summed E-state index contributed by atoms with van der Waals surface area (Å²) in [5, 5.41) is 1.74. The highest BCUT2D eigenvalue weighted by Gasteiger charge is 2.11. The molecule has 0 aliphatic heterocycles. The van der Waals surface area contributed by atoms with E-state index in [0.717, 1.165) is 21.9 Å². The van der Waals surface area contributed by atoms with E-state index in [4.69, 9.17) is 22.9 Å². The maximum Gasteiger partial charge on any atom is 0.0787 e. The highest BCUT2D eigenvalue weighted by molar-refractivity contribution is 6.08. The Bertz CT molecular complexity index is 534. The maximum absolute atomic E-state index is 6.06. The Labute approximate surface area is 94.2 Å².